The van der Waals surface area contributed by atoms with Gasteiger partial charge in [0.1, 0.15) is 5.75 Å². The number of methoxy groups -OCH3 is 1. The summed E-state index contributed by atoms with van der Waals surface area (Å²) in [5.74, 6) is 1.08. The Kier molecular flexibility index (Phi) is 7.98. The third kappa shape index (κ3) is 5.83. The quantitative estimate of drug-likeness (QED) is 0.220. The molecule has 0 aliphatic heterocycles. The first-order chi connectivity index (χ1) is 19.6. The molecule has 6 rings (SSSR count). The molecule has 4 aromatic rings. The van der Waals surface area contributed by atoms with Crippen LogP contribution in [0.25, 0.3) is 21.0 Å². The van der Waals surface area contributed by atoms with Gasteiger partial charge in [-0.25, -0.2) is 4.98 Å². The molecule has 2 atom stereocenters. The van der Waals surface area contributed by atoms with Crippen molar-refractivity contribution in [3.63, 3.8) is 0 Å². The summed E-state index contributed by atoms with van der Waals surface area (Å²) in [4.78, 5) is 30.4. The van der Waals surface area contributed by atoms with Crippen LogP contribution in [0.4, 0.5) is 10.8 Å². The highest BCUT2D eigenvalue weighted by Gasteiger charge is 2.28. The highest BCUT2D eigenvalue weighted by atomic mass is 32.1. The molecular weight excluding hydrogens is 520 g/mol. The molecule has 1 aromatic heterocycles. The van der Waals surface area contributed by atoms with Crippen LogP contribution in [0.2, 0.25) is 0 Å². The van der Waals surface area contributed by atoms with Gasteiger partial charge in [0.2, 0.25) is 11.8 Å². The minimum atomic E-state index is -0.0425. The number of ether oxygens (including phenoxy) is 1. The molecule has 208 valence electrons. The molecular formula is C32H36N4O3S. The van der Waals surface area contributed by atoms with Gasteiger partial charge >= 0.3 is 0 Å². The number of aromatic nitrogens is 1. The molecule has 0 unspecified atom stereocenters. The van der Waals surface area contributed by atoms with Crippen molar-refractivity contribution in [2.45, 2.75) is 64.0 Å². The van der Waals surface area contributed by atoms with E-state index in [1.54, 1.807) is 7.11 Å². The molecule has 7 nitrogen and oxygen atoms in total. The molecule has 1 heterocycles. The van der Waals surface area contributed by atoms with Crippen molar-refractivity contribution in [3.05, 3.63) is 60.2 Å². The van der Waals surface area contributed by atoms with E-state index < -0.39 is 0 Å². The fourth-order valence-corrected chi connectivity index (χ4v) is 7.15. The predicted octanol–water partition coefficient (Wildman–Crippen LogP) is 6.87. The van der Waals surface area contributed by atoms with E-state index in [2.05, 4.69) is 51.3 Å². The molecule has 40 heavy (non-hydrogen) atoms. The number of carbonyl (C=O) groups is 2. The van der Waals surface area contributed by atoms with E-state index in [4.69, 9.17) is 4.74 Å². The minimum absolute atomic E-state index is 0.0425. The van der Waals surface area contributed by atoms with Crippen LogP contribution >= 0.6 is 11.3 Å². The Morgan fingerprint density at radius 1 is 0.925 bits per heavy atom. The summed E-state index contributed by atoms with van der Waals surface area (Å²) in [5, 5.41) is 12.9. The fraction of sp³-hybridized carbons (Fsp3) is 0.406. The molecule has 0 bridgehead atoms. The zero-order chi connectivity index (χ0) is 27.5. The van der Waals surface area contributed by atoms with Crippen molar-refractivity contribution >= 4 is 55.0 Å². The van der Waals surface area contributed by atoms with Gasteiger partial charge in [-0.3, -0.25) is 9.59 Å². The highest BCUT2D eigenvalue weighted by Crippen LogP contribution is 2.33. The Labute approximate surface area is 238 Å². The number of carbonyl (C=O) groups excluding carboxylic acids is 2. The Morgan fingerprint density at radius 3 is 2.58 bits per heavy atom. The lowest BCUT2D eigenvalue weighted by atomic mass is 9.85. The minimum Gasteiger partial charge on any atom is -0.496 e. The number of hydrogen-bond donors (Lipinski definition) is 3. The van der Waals surface area contributed by atoms with Crippen molar-refractivity contribution in [2.75, 3.05) is 17.7 Å². The predicted molar refractivity (Wildman–Crippen MR) is 162 cm³/mol. The monoisotopic (exact) mass is 556 g/mol. The van der Waals surface area contributed by atoms with Crippen LogP contribution in [0.1, 0.15) is 56.9 Å². The standard InChI is InChI=1S/C32H36N4O3S/c1-39-28-16-13-20-7-4-5-12-25(20)26(28)19-33-23-11-6-10-22(17-23)31(38)34-24-14-15-27-29(18-24)40-32(35-27)36-30(37)21-8-2-3-9-21/h4-5,7,12-16,18,21-23,33H,2-3,6,8-11,17,19H2,1H3,(H,34,38)(H,35,36,37)/t22-,23+/m1/s1. The average Bonchev–Trinajstić information content (AvgIpc) is 3.66. The number of anilines is 2. The summed E-state index contributed by atoms with van der Waals surface area (Å²) >= 11 is 1.46. The Bertz CT molecular complexity index is 1530. The van der Waals surface area contributed by atoms with Gasteiger partial charge in [0.05, 0.1) is 17.3 Å². The van der Waals surface area contributed by atoms with Crippen LogP contribution < -0.4 is 20.7 Å². The van der Waals surface area contributed by atoms with Crippen molar-refractivity contribution in [1.29, 1.82) is 0 Å². The topological polar surface area (TPSA) is 92.3 Å². The Balaban J connectivity index is 1.07. The largest absolute Gasteiger partial charge is 0.496 e. The molecule has 0 spiro atoms. The second-order valence-corrected chi connectivity index (χ2v) is 12.1. The SMILES string of the molecule is COc1ccc2ccccc2c1CN[C@H]1CCC[C@@H](C(=O)Nc2ccc3nc(NC(=O)C4CCCC4)sc3c2)C1. The number of nitrogens with zero attached hydrogens (tertiary/aromatic N) is 1. The van der Waals surface area contributed by atoms with Gasteiger partial charge in [-0.15, -0.1) is 0 Å². The molecule has 0 saturated heterocycles. The average molecular weight is 557 g/mol. The maximum absolute atomic E-state index is 13.3. The molecule has 2 amide bonds. The lowest BCUT2D eigenvalue weighted by Gasteiger charge is -2.29. The summed E-state index contributed by atoms with van der Waals surface area (Å²) in [5.41, 5.74) is 2.75. The van der Waals surface area contributed by atoms with E-state index in [0.29, 0.717) is 11.7 Å². The third-order valence-electron chi connectivity index (χ3n) is 8.44. The molecule has 8 heteroatoms. The van der Waals surface area contributed by atoms with Crippen molar-refractivity contribution in [3.8, 4) is 5.75 Å². The van der Waals surface area contributed by atoms with Crippen molar-refractivity contribution in [2.24, 2.45) is 11.8 Å². The first kappa shape index (κ1) is 26.7. The smallest absolute Gasteiger partial charge is 0.229 e. The van der Waals surface area contributed by atoms with Gasteiger partial charge in [-0.2, -0.15) is 0 Å². The van der Waals surface area contributed by atoms with Gasteiger partial charge < -0.3 is 20.7 Å². The van der Waals surface area contributed by atoms with Crippen LogP contribution in [0.5, 0.6) is 5.75 Å². The number of benzene rings is 3. The van der Waals surface area contributed by atoms with E-state index in [9.17, 15) is 9.59 Å². The number of rotatable bonds is 8. The van der Waals surface area contributed by atoms with Gasteiger partial charge in [-0.1, -0.05) is 60.9 Å². The Hall–Kier alpha value is -3.49. The maximum Gasteiger partial charge on any atom is 0.229 e. The molecule has 2 aliphatic carbocycles. The van der Waals surface area contributed by atoms with Crippen LogP contribution in [0.15, 0.2) is 54.6 Å². The fourth-order valence-electron chi connectivity index (χ4n) is 6.24. The summed E-state index contributed by atoms with van der Waals surface area (Å²) in [6, 6.07) is 18.5. The summed E-state index contributed by atoms with van der Waals surface area (Å²) in [6.45, 7) is 0.700. The zero-order valence-electron chi connectivity index (χ0n) is 22.9. The van der Waals surface area contributed by atoms with E-state index >= 15 is 0 Å². The van der Waals surface area contributed by atoms with Crippen LogP contribution in [-0.4, -0.2) is 29.9 Å². The van der Waals surface area contributed by atoms with E-state index in [1.165, 1.54) is 22.1 Å². The van der Waals surface area contributed by atoms with E-state index in [-0.39, 0.29) is 29.7 Å². The van der Waals surface area contributed by atoms with Gasteiger partial charge in [0.15, 0.2) is 5.13 Å². The van der Waals surface area contributed by atoms with E-state index in [1.807, 2.05) is 24.3 Å². The number of amides is 2. The first-order valence-corrected chi connectivity index (χ1v) is 15.2. The summed E-state index contributed by atoms with van der Waals surface area (Å²) in [6.07, 6.45) is 7.93. The molecule has 2 saturated carbocycles. The van der Waals surface area contributed by atoms with Crippen LogP contribution in [-0.2, 0) is 16.1 Å². The van der Waals surface area contributed by atoms with Crippen molar-refractivity contribution in [1.82, 2.24) is 10.3 Å². The molecule has 3 aromatic carbocycles. The van der Waals surface area contributed by atoms with Crippen molar-refractivity contribution < 1.29 is 14.3 Å². The summed E-state index contributed by atoms with van der Waals surface area (Å²) < 4.78 is 6.62. The first-order valence-electron chi connectivity index (χ1n) is 14.4. The zero-order valence-corrected chi connectivity index (χ0v) is 23.7. The van der Waals surface area contributed by atoms with Gasteiger partial charge in [0, 0.05) is 35.7 Å². The van der Waals surface area contributed by atoms with Crippen LogP contribution in [0.3, 0.4) is 0 Å². The number of hydrogen-bond acceptors (Lipinski definition) is 6. The maximum atomic E-state index is 13.3. The molecule has 0 radical (unpaired) electrons. The molecule has 2 aliphatic rings. The number of nitrogens with one attached hydrogen (secondary N) is 3. The number of fused-ring (bicyclic) bond motifs is 2. The third-order valence-corrected chi connectivity index (χ3v) is 9.38. The Morgan fingerprint density at radius 2 is 1.73 bits per heavy atom. The second kappa shape index (κ2) is 11.9. The van der Waals surface area contributed by atoms with Gasteiger partial charge in [-0.05, 0) is 67.1 Å². The lowest BCUT2D eigenvalue weighted by molar-refractivity contribution is -0.121. The summed E-state index contributed by atoms with van der Waals surface area (Å²) in [7, 11) is 1.71. The van der Waals surface area contributed by atoms with E-state index in [0.717, 1.165) is 78.6 Å². The number of thiazole rings is 1. The lowest BCUT2D eigenvalue weighted by Crippen LogP contribution is -2.37. The van der Waals surface area contributed by atoms with Gasteiger partial charge in [0.25, 0.3) is 0 Å². The molecule has 2 fully saturated rings. The second-order valence-electron chi connectivity index (χ2n) is 11.1. The highest BCUT2D eigenvalue weighted by molar-refractivity contribution is 7.22. The normalized spacial score (nSPS) is 19.6. The van der Waals surface area contributed by atoms with Crippen LogP contribution in [0, 0.1) is 11.8 Å². The molecule has 3 N–H and O–H groups in total.